The number of benzene rings is 3. The minimum atomic E-state index is -0.888. The Morgan fingerprint density at radius 3 is 2.41 bits per heavy atom. The van der Waals surface area contributed by atoms with Gasteiger partial charge in [0.1, 0.15) is 18.2 Å². The van der Waals surface area contributed by atoms with E-state index in [2.05, 4.69) is 54.9 Å². The average Bonchev–Trinajstić information content (AvgIpc) is 3.37. The lowest BCUT2D eigenvalue weighted by atomic mass is 9.95. The second-order valence-corrected chi connectivity index (χ2v) is 13.8. The van der Waals surface area contributed by atoms with Gasteiger partial charge in [0, 0.05) is 5.56 Å². The molecule has 10 nitrogen and oxygen atoms in total. The number of nitrogens with zero attached hydrogens (tertiary/aromatic N) is 2. The molecule has 0 saturated heterocycles. The summed E-state index contributed by atoms with van der Waals surface area (Å²) in [6, 6.07) is 14.3. The molecule has 0 saturated carbocycles. The van der Waals surface area contributed by atoms with Gasteiger partial charge in [-0.1, -0.05) is 35.6 Å². The fourth-order valence-electron chi connectivity index (χ4n) is 5.10. The van der Waals surface area contributed by atoms with E-state index in [0.717, 1.165) is 12.7 Å². The van der Waals surface area contributed by atoms with E-state index in [1.807, 2.05) is 12.1 Å². The van der Waals surface area contributed by atoms with E-state index >= 15 is 0 Å². The van der Waals surface area contributed by atoms with Crippen LogP contribution in [-0.2, 0) is 25.7 Å². The van der Waals surface area contributed by atoms with Crippen LogP contribution in [0.1, 0.15) is 43.5 Å². The Labute approximate surface area is 312 Å². The number of thiazole rings is 1. The van der Waals surface area contributed by atoms with Crippen molar-refractivity contribution in [2.45, 2.75) is 33.4 Å². The van der Waals surface area contributed by atoms with Gasteiger partial charge in [-0.05, 0) is 113 Å². The lowest BCUT2D eigenvalue weighted by Crippen LogP contribution is -2.40. The zero-order valence-electron chi connectivity index (χ0n) is 26.9. The second-order valence-electron chi connectivity index (χ2n) is 10.5. The molecule has 2 heterocycles. The zero-order chi connectivity index (χ0) is 35.2. The number of carbonyl (C=O) groups is 2. The number of ether oxygens (including phenoxy) is 5. The van der Waals surface area contributed by atoms with Crippen molar-refractivity contribution in [1.29, 1.82) is 0 Å². The number of esters is 2. The van der Waals surface area contributed by atoms with Crippen molar-refractivity contribution >= 4 is 74.5 Å². The van der Waals surface area contributed by atoms with Crippen molar-refractivity contribution in [2.24, 2.45) is 4.99 Å². The first kappa shape index (κ1) is 36.5. The van der Waals surface area contributed by atoms with E-state index in [1.165, 1.54) is 29.1 Å². The zero-order valence-corrected chi connectivity index (χ0v) is 32.0. The number of rotatable bonds is 12. The monoisotopic (exact) mass is 912 g/mol. The summed E-state index contributed by atoms with van der Waals surface area (Å²) < 4.78 is 45.2. The molecule has 0 aliphatic carbocycles. The highest BCUT2D eigenvalue weighted by Crippen LogP contribution is 2.37. The molecule has 0 unspecified atom stereocenters. The van der Waals surface area contributed by atoms with Gasteiger partial charge in [0.05, 0.1) is 49.3 Å². The number of halogens is 3. The fourth-order valence-corrected chi connectivity index (χ4v) is 8.28. The van der Waals surface area contributed by atoms with Crippen molar-refractivity contribution in [1.82, 2.24) is 4.57 Å². The third kappa shape index (κ3) is 8.17. The van der Waals surface area contributed by atoms with Crippen LogP contribution in [0.5, 0.6) is 17.2 Å². The normalized spacial score (nSPS) is 14.2. The van der Waals surface area contributed by atoms with E-state index in [4.69, 9.17) is 18.9 Å². The van der Waals surface area contributed by atoms with Crippen LogP contribution in [0.25, 0.3) is 6.08 Å². The number of carbonyl (C=O) groups excluding carboxylic acids is 2. The van der Waals surface area contributed by atoms with Crippen LogP contribution >= 0.6 is 56.5 Å². The Bertz CT molecular complexity index is 2110. The van der Waals surface area contributed by atoms with Gasteiger partial charge in [-0.15, -0.1) is 0 Å². The van der Waals surface area contributed by atoms with Gasteiger partial charge in [-0.25, -0.2) is 19.0 Å². The maximum absolute atomic E-state index is 14.2. The van der Waals surface area contributed by atoms with Crippen molar-refractivity contribution < 1.29 is 37.7 Å². The lowest BCUT2D eigenvalue weighted by Gasteiger charge is -2.25. The Morgan fingerprint density at radius 2 is 1.73 bits per heavy atom. The maximum Gasteiger partial charge on any atom is 0.343 e. The van der Waals surface area contributed by atoms with Gasteiger partial charge in [0.15, 0.2) is 22.9 Å². The Hall–Kier alpha value is -3.77. The molecule has 1 aliphatic heterocycles. The molecule has 3 aromatic carbocycles. The summed E-state index contributed by atoms with van der Waals surface area (Å²) in [6.45, 7) is 5.39. The predicted octanol–water partition coefficient (Wildman–Crippen LogP) is 5.68. The van der Waals surface area contributed by atoms with Crippen molar-refractivity contribution in [2.75, 3.05) is 26.9 Å². The summed E-state index contributed by atoms with van der Waals surface area (Å²) in [6.07, 6.45) is 1.77. The first-order chi connectivity index (χ1) is 23.6. The van der Waals surface area contributed by atoms with Crippen molar-refractivity contribution in [3.63, 3.8) is 0 Å². The molecule has 14 heteroatoms. The van der Waals surface area contributed by atoms with Gasteiger partial charge in [0.25, 0.3) is 5.56 Å². The highest BCUT2D eigenvalue weighted by Gasteiger charge is 2.34. The number of methoxy groups -OCH3 is 1. The number of hydrogen-bond acceptors (Lipinski definition) is 10. The largest absolute Gasteiger partial charge is 0.490 e. The van der Waals surface area contributed by atoms with Crippen LogP contribution in [0.4, 0.5) is 4.39 Å². The molecule has 49 heavy (non-hydrogen) atoms. The SMILES string of the molecule is CCOC(=O)C1=C(C)N=c2s/c(=C\c3cc(I)c(OCc4ccccc4F)c(I)c3)c(=O)n2[C@@H]1c1ccc(OCC(=O)OC)c(OCC)c1. The molecule has 1 aromatic heterocycles. The first-order valence-electron chi connectivity index (χ1n) is 15.1. The standard InChI is InChI=1S/C35H31FI2N2O8S/c1-5-45-27-16-21(11-12-26(27)47-18-29(41)44-4)31-30(34(43)46-6-2)19(3)39-35-40(31)33(42)28(49-35)15-20-13-24(37)32(25(38)14-20)48-17-22-9-7-8-10-23(22)36/h7-16,31H,5-6,17-18H2,1-4H3/b28-15-/t31-/m1/s1. The van der Waals surface area contributed by atoms with E-state index in [9.17, 15) is 18.8 Å². The minimum absolute atomic E-state index is 0.0716. The molecular weight excluding hydrogens is 881 g/mol. The van der Waals surface area contributed by atoms with Gasteiger partial charge >= 0.3 is 11.9 Å². The topological polar surface area (TPSA) is 115 Å². The summed E-state index contributed by atoms with van der Waals surface area (Å²) in [5, 5.41) is 0. The molecule has 256 valence electrons. The molecule has 0 bridgehead atoms. The summed E-state index contributed by atoms with van der Waals surface area (Å²) in [5.41, 5.74) is 2.04. The minimum Gasteiger partial charge on any atom is -0.490 e. The third-order valence-electron chi connectivity index (χ3n) is 7.32. The van der Waals surface area contributed by atoms with Crippen molar-refractivity contribution in [3.8, 4) is 17.2 Å². The summed E-state index contributed by atoms with van der Waals surface area (Å²) >= 11 is 5.52. The van der Waals surface area contributed by atoms with Crippen LogP contribution in [0.2, 0.25) is 0 Å². The molecule has 1 aliphatic rings. The Balaban J connectivity index is 1.57. The van der Waals surface area contributed by atoms with Crippen molar-refractivity contribution in [3.05, 3.63) is 115 Å². The van der Waals surface area contributed by atoms with Gasteiger partial charge in [0.2, 0.25) is 0 Å². The van der Waals surface area contributed by atoms with E-state index < -0.39 is 18.0 Å². The van der Waals surface area contributed by atoms with Gasteiger partial charge < -0.3 is 23.7 Å². The van der Waals surface area contributed by atoms with Gasteiger partial charge in [-0.2, -0.15) is 0 Å². The highest BCUT2D eigenvalue weighted by molar-refractivity contribution is 14.1. The molecule has 5 rings (SSSR count). The summed E-state index contributed by atoms with van der Waals surface area (Å²) in [4.78, 5) is 44.3. The number of fused-ring (bicyclic) bond motifs is 1. The Morgan fingerprint density at radius 1 is 1.00 bits per heavy atom. The predicted molar refractivity (Wildman–Crippen MR) is 198 cm³/mol. The van der Waals surface area contributed by atoms with Gasteiger partial charge in [-0.3, -0.25) is 9.36 Å². The molecule has 0 amide bonds. The average molecular weight is 913 g/mol. The van der Waals surface area contributed by atoms with Crippen LogP contribution in [-0.4, -0.2) is 43.4 Å². The lowest BCUT2D eigenvalue weighted by molar-refractivity contribution is -0.143. The Kier molecular flexibility index (Phi) is 12.1. The van der Waals surface area contributed by atoms with Crippen LogP contribution in [0, 0.1) is 13.0 Å². The van der Waals surface area contributed by atoms with E-state index in [-0.39, 0.29) is 36.8 Å². The molecule has 0 N–H and O–H groups in total. The molecular formula is C35H31FI2N2O8S. The van der Waals surface area contributed by atoms with Crippen LogP contribution in [0.15, 0.2) is 75.7 Å². The fraction of sp³-hybridized carbons (Fsp3) is 0.257. The van der Waals surface area contributed by atoms with Crippen LogP contribution in [0.3, 0.4) is 0 Å². The first-order valence-corrected chi connectivity index (χ1v) is 18.0. The van der Waals surface area contributed by atoms with Crippen LogP contribution < -0.4 is 29.1 Å². The van der Waals surface area contributed by atoms with E-state index in [1.54, 1.807) is 63.2 Å². The summed E-state index contributed by atoms with van der Waals surface area (Å²) in [7, 11) is 1.27. The quantitative estimate of drug-likeness (QED) is 0.132. The molecule has 0 radical (unpaired) electrons. The molecule has 0 fully saturated rings. The number of allylic oxidation sites excluding steroid dienone is 1. The second kappa shape index (κ2) is 16.3. The number of hydrogen-bond donors (Lipinski definition) is 0. The molecule has 1 atom stereocenters. The third-order valence-corrected chi connectivity index (χ3v) is 9.91. The summed E-state index contributed by atoms with van der Waals surface area (Å²) in [5.74, 6) is -0.256. The molecule has 4 aromatic rings. The number of aromatic nitrogens is 1. The highest BCUT2D eigenvalue weighted by atomic mass is 127. The maximum atomic E-state index is 14.2. The smallest absolute Gasteiger partial charge is 0.343 e. The molecule has 0 spiro atoms. The van der Waals surface area contributed by atoms with E-state index in [0.29, 0.717) is 50.0 Å².